The SMILES string of the molecule is COCc1cnc(C2(O)CCC(N3CC[C@@H](NC(=O)CC/C(=N\O)c4cccc(C(F)(F)F)c4)C3)CC2)s1. The molecular formula is C26H33F3N4O4S. The van der Waals surface area contributed by atoms with E-state index in [-0.39, 0.29) is 36.1 Å². The molecule has 2 aromatic rings. The van der Waals surface area contributed by atoms with E-state index in [1.165, 1.54) is 23.5 Å². The Bertz CT molecular complexity index is 1130. The number of halogens is 3. The molecule has 1 aromatic carbocycles. The van der Waals surface area contributed by atoms with E-state index >= 15 is 0 Å². The minimum atomic E-state index is -4.51. The van der Waals surface area contributed by atoms with Gasteiger partial charge in [0.2, 0.25) is 5.91 Å². The van der Waals surface area contributed by atoms with Crippen LogP contribution in [0.2, 0.25) is 0 Å². The fraction of sp³-hybridized carbons (Fsp3) is 0.577. The molecule has 208 valence electrons. The Kier molecular flexibility index (Phi) is 9.07. The average Bonchev–Trinajstić information content (AvgIpc) is 3.55. The Morgan fingerprint density at radius 2 is 2.05 bits per heavy atom. The number of hydrogen-bond acceptors (Lipinski definition) is 8. The first-order chi connectivity index (χ1) is 18.1. The van der Waals surface area contributed by atoms with Gasteiger partial charge in [-0.3, -0.25) is 9.69 Å². The molecular weight excluding hydrogens is 521 g/mol. The van der Waals surface area contributed by atoms with Crippen LogP contribution in [-0.2, 0) is 27.9 Å². The third kappa shape index (κ3) is 6.90. The second kappa shape index (κ2) is 12.1. The number of aliphatic hydroxyl groups is 1. The quantitative estimate of drug-likeness (QED) is 0.243. The Labute approximate surface area is 223 Å². The van der Waals surface area contributed by atoms with Crippen LogP contribution < -0.4 is 5.32 Å². The minimum absolute atomic E-state index is 0.00146. The molecule has 2 fully saturated rings. The number of alkyl halides is 3. The first-order valence-corrected chi connectivity index (χ1v) is 13.5. The summed E-state index contributed by atoms with van der Waals surface area (Å²) in [5.41, 5.74) is -1.59. The van der Waals surface area contributed by atoms with Crippen molar-refractivity contribution < 1.29 is 33.0 Å². The zero-order valence-electron chi connectivity index (χ0n) is 21.2. The zero-order chi connectivity index (χ0) is 27.3. The van der Waals surface area contributed by atoms with Gasteiger partial charge in [-0.1, -0.05) is 17.3 Å². The molecule has 3 N–H and O–H groups in total. The highest BCUT2D eigenvalue weighted by molar-refractivity contribution is 7.11. The molecule has 1 amide bonds. The van der Waals surface area contributed by atoms with Gasteiger partial charge in [-0.25, -0.2) is 4.98 Å². The molecule has 12 heteroatoms. The van der Waals surface area contributed by atoms with Crippen molar-refractivity contribution >= 4 is 23.0 Å². The monoisotopic (exact) mass is 554 g/mol. The summed E-state index contributed by atoms with van der Waals surface area (Å²) in [6.45, 7) is 2.03. The molecule has 2 aliphatic rings. The van der Waals surface area contributed by atoms with Crippen LogP contribution in [-0.4, -0.2) is 64.1 Å². The van der Waals surface area contributed by atoms with Crippen LogP contribution in [0.3, 0.4) is 0 Å². The Balaban J connectivity index is 1.23. The van der Waals surface area contributed by atoms with Crippen molar-refractivity contribution in [2.45, 2.75) is 75.4 Å². The molecule has 0 bridgehead atoms. The van der Waals surface area contributed by atoms with Crippen LogP contribution in [0.15, 0.2) is 35.6 Å². The highest BCUT2D eigenvalue weighted by Crippen LogP contribution is 2.41. The van der Waals surface area contributed by atoms with Gasteiger partial charge in [0, 0.05) is 51.3 Å². The Hall–Kier alpha value is -2.54. The molecule has 38 heavy (non-hydrogen) atoms. The van der Waals surface area contributed by atoms with Crippen molar-refractivity contribution in [2.75, 3.05) is 20.2 Å². The number of amides is 1. The summed E-state index contributed by atoms with van der Waals surface area (Å²) in [5.74, 6) is -0.237. The number of thiazole rings is 1. The van der Waals surface area contributed by atoms with Gasteiger partial charge in [0.1, 0.15) is 10.6 Å². The number of likely N-dealkylation sites (tertiary alicyclic amines) is 1. The van der Waals surface area contributed by atoms with Crippen LogP contribution in [0.5, 0.6) is 0 Å². The van der Waals surface area contributed by atoms with E-state index in [4.69, 9.17) is 4.74 Å². The molecule has 0 radical (unpaired) electrons. The predicted octanol–water partition coefficient (Wildman–Crippen LogP) is 4.29. The van der Waals surface area contributed by atoms with E-state index in [9.17, 15) is 28.3 Å². The van der Waals surface area contributed by atoms with Crippen LogP contribution in [0, 0.1) is 0 Å². The molecule has 1 aliphatic carbocycles. The third-order valence-electron chi connectivity index (χ3n) is 7.35. The topological polar surface area (TPSA) is 107 Å². The number of carbonyl (C=O) groups excluding carboxylic acids is 1. The first kappa shape index (κ1) is 28.5. The maximum atomic E-state index is 13.0. The summed E-state index contributed by atoms with van der Waals surface area (Å²) >= 11 is 1.49. The fourth-order valence-corrected chi connectivity index (χ4v) is 6.32. The van der Waals surface area contributed by atoms with Gasteiger partial charge in [-0.2, -0.15) is 13.2 Å². The highest BCUT2D eigenvalue weighted by Gasteiger charge is 2.40. The summed E-state index contributed by atoms with van der Waals surface area (Å²) in [6, 6.07) is 4.83. The van der Waals surface area contributed by atoms with E-state index in [2.05, 4.69) is 20.4 Å². The Morgan fingerprint density at radius 1 is 1.29 bits per heavy atom. The van der Waals surface area contributed by atoms with Crippen molar-refractivity contribution in [1.82, 2.24) is 15.2 Å². The van der Waals surface area contributed by atoms with Gasteiger partial charge in [0.25, 0.3) is 0 Å². The van der Waals surface area contributed by atoms with Crippen molar-refractivity contribution in [2.24, 2.45) is 5.16 Å². The summed E-state index contributed by atoms with van der Waals surface area (Å²) in [4.78, 5) is 20.3. The lowest BCUT2D eigenvalue weighted by Gasteiger charge is -2.38. The van der Waals surface area contributed by atoms with E-state index in [0.29, 0.717) is 32.0 Å². The second-order valence-electron chi connectivity index (χ2n) is 10.0. The van der Waals surface area contributed by atoms with Gasteiger partial charge in [0.15, 0.2) is 0 Å². The van der Waals surface area contributed by atoms with Gasteiger partial charge in [-0.15, -0.1) is 11.3 Å². The maximum absolute atomic E-state index is 13.0. The molecule has 8 nitrogen and oxygen atoms in total. The first-order valence-electron chi connectivity index (χ1n) is 12.7. The molecule has 1 atom stereocenters. The third-order valence-corrected chi connectivity index (χ3v) is 8.52. The molecule has 0 spiro atoms. The maximum Gasteiger partial charge on any atom is 0.416 e. The van der Waals surface area contributed by atoms with Crippen LogP contribution >= 0.6 is 11.3 Å². The van der Waals surface area contributed by atoms with E-state index < -0.39 is 17.3 Å². The van der Waals surface area contributed by atoms with E-state index in [1.807, 2.05) is 0 Å². The molecule has 1 saturated heterocycles. The number of carbonyl (C=O) groups is 1. The lowest BCUT2D eigenvalue weighted by atomic mass is 9.82. The summed E-state index contributed by atoms with van der Waals surface area (Å²) < 4.78 is 44.1. The minimum Gasteiger partial charge on any atom is -0.411 e. The van der Waals surface area contributed by atoms with Crippen LogP contribution in [0.25, 0.3) is 0 Å². The normalized spacial score (nSPS) is 25.0. The lowest BCUT2D eigenvalue weighted by Crippen LogP contribution is -2.43. The van der Waals surface area contributed by atoms with E-state index in [0.717, 1.165) is 47.8 Å². The van der Waals surface area contributed by atoms with E-state index in [1.54, 1.807) is 13.3 Å². The lowest BCUT2D eigenvalue weighted by molar-refractivity contribution is -0.137. The number of rotatable bonds is 9. The Morgan fingerprint density at radius 3 is 2.74 bits per heavy atom. The van der Waals surface area contributed by atoms with Crippen molar-refractivity contribution in [1.29, 1.82) is 0 Å². The van der Waals surface area contributed by atoms with Crippen LogP contribution in [0.1, 0.15) is 66.0 Å². The molecule has 1 aliphatic heterocycles. The largest absolute Gasteiger partial charge is 0.416 e. The fourth-order valence-electron chi connectivity index (χ4n) is 5.29. The average molecular weight is 555 g/mol. The molecule has 1 aromatic heterocycles. The summed E-state index contributed by atoms with van der Waals surface area (Å²) in [5, 5.41) is 27.4. The van der Waals surface area contributed by atoms with Crippen molar-refractivity contribution in [3.8, 4) is 0 Å². The number of aromatic nitrogens is 1. The molecule has 2 heterocycles. The van der Waals surface area contributed by atoms with Gasteiger partial charge in [-0.05, 0) is 49.8 Å². The molecule has 0 unspecified atom stereocenters. The zero-order valence-corrected chi connectivity index (χ0v) is 22.0. The molecule has 4 rings (SSSR count). The number of nitrogens with one attached hydrogen (secondary N) is 1. The van der Waals surface area contributed by atoms with Gasteiger partial charge >= 0.3 is 6.18 Å². The summed E-state index contributed by atoms with van der Waals surface area (Å²) in [6.07, 6.45) is 1.00. The molecule has 1 saturated carbocycles. The van der Waals surface area contributed by atoms with Crippen molar-refractivity contribution in [3.63, 3.8) is 0 Å². The van der Waals surface area contributed by atoms with Crippen LogP contribution in [0.4, 0.5) is 13.2 Å². The predicted molar refractivity (Wildman–Crippen MR) is 136 cm³/mol. The summed E-state index contributed by atoms with van der Waals surface area (Å²) in [7, 11) is 1.63. The highest BCUT2D eigenvalue weighted by atomic mass is 32.1. The smallest absolute Gasteiger partial charge is 0.411 e. The number of hydrogen-bond donors (Lipinski definition) is 3. The number of methoxy groups -OCH3 is 1. The standard InChI is InChI=1S/C26H33F3N4O4S/c1-37-16-21-14-30-24(38-21)25(35)10-7-20(8-11-25)33-12-9-19(15-33)31-23(34)6-5-22(32-36)17-3-2-4-18(13-17)26(27,28)29/h2-4,13-14,19-20,35-36H,5-12,15-16H2,1H3,(H,31,34)/b32-22+/t19-,20?,25?/m1/s1. The second-order valence-corrected chi connectivity index (χ2v) is 11.1. The number of nitrogens with zero attached hydrogens (tertiary/aromatic N) is 3. The number of ether oxygens (including phenoxy) is 1. The number of benzene rings is 1. The number of oxime groups is 1. The van der Waals surface area contributed by atoms with Gasteiger partial charge < -0.3 is 20.4 Å². The van der Waals surface area contributed by atoms with Crippen molar-refractivity contribution in [3.05, 3.63) is 51.5 Å². The van der Waals surface area contributed by atoms with Gasteiger partial charge in [0.05, 0.1) is 22.8 Å².